The number of para-hydroxylation sites is 2. The molecular formula is C21H24O6. The quantitative estimate of drug-likeness (QED) is 0.481. The number of hydrogen-bond acceptors (Lipinski definition) is 5. The van der Waals surface area contributed by atoms with E-state index in [0.717, 1.165) is 16.7 Å². The molecule has 0 aromatic heterocycles. The molecule has 0 atom stereocenters. The number of carboxylic acids is 1. The van der Waals surface area contributed by atoms with Crippen LogP contribution in [-0.2, 0) is 27.1 Å². The van der Waals surface area contributed by atoms with E-state index in [1.54, 1.807) is 14.2 Å². The molecule has 0 amide bonds. The first-order valence-electron chi connectivity index (χ1n) is 8.45. The summed E-state index contributed by atoms with van der Waals surface area (Å²) >= 11 is 0. The SMILES string of the molecule is COCOc1ccccc1CC(=CC(=O)O)Cc1ccccc1OCOC. The van der Waals surface area contributed by atoms with Gasteiger partial charge in [-0.3, -0.25) is 0 Å². The summed E-state index contributed by atoms with van der Waals surface area (Å²) in [7, 11) is 3.10. The molecule has 0 saturated carbocycles. The zero-order chi connectivity index (χ0) is 19.5. The second-order valence-electron chi connectivity index (χ2n) is 5.81. The highest BCUT2D eigenvalue weighted by molar-refractivity contribution is 5.81. The maximum atomic E-state index is 11.3. The van der Waals surface area contributed by atoms with Gasteiger partial charge in [0.2, 0.25) is 0 Å². The number of benzene rings is 2. The zero-order valence-electron chi connectivity index (χ0n) is 15.5. The van der Waals surface area contributed by atoms with Gasteiger partial charge in [-0.15, -0.1) is 0 Å². The summed E-state index contributed by atoms with van der Waals surface area (Å²) in [6.07, 6.45) is 2.11. The molecule has 1 N–H and O–H groups in total. The van der Waals surface area contributed by atoms with Crippen LogP contribution in [0.5, 0.6) is 11.5 Å². The Morgan fingerprint density at radius 1 is 0.852 bits per heavy atom. The fourth-order valence-corrected chi connectivity index (χ4v) is 2.65. The van der Waals surface area contributed by atoms with Crippen LogP contribution in [0.3, 0.4) is 0 Å². The van der Waals surface area contributed by atoms with Gasteiger partial charge in [0.1, 0.15) is 11.5 Å². The first-order valence-corrected chi connectivity index (χ1v) is 8.45. The number of allylic oxidation sites excluding steroid dienone is 1. The first-order chi connectivity index (χ1) is 13.1. The van der Waals surface area contributed by atoms with Crippen molar-refractivity contribution in [3.63, 3.8) is 0 Å². The van der Waals surface area contributed by atoms with Crippen molar-refractivity contribution >= 4 is 5.97 Å². The van der Waals surface area contributed by atoms with Crippen LogP contribution in [0.4, 0.5) is 0 Å². The van der Waals surface area contributed by atoms with Crippen molar-refractivity contribution < 1.29 is 28.8 Å². The Kier molecular flexibility index (Phi) is 8.35. The van der Waals surface area contributed by atoms with Crippen LogP contribution < -0.4 is 9.47 Å². The molecule has 0 aliphatic heterocycles. The van der Waals surface area contributed by atoms with Crippen molar-refractivity contribution in [2.24, 2.45) is 0 Å². The van der Waals surface area contributed by atoms with Crippen molar-refractivity contribution in [3.8, 4) is 11.5 Å². The van der Waals surface area contributed by atoms with E-state index in [-0.39, 0.29) is 13.6 Å². The molecule has 6 heteroatoms. The second kappa shape index (κ2) is 11.0. The van der Waals surface area contributed by atoms with Crippen LogP contribution in [0.25, 0.3) is 0 Å². The Bertz CT molecular complexity index is 713. The van der Waals surface area contributed by atoms with Gasteiger partial charge in [-0.25, -0.2) is 4.79 Å². The van der Waals surface area contributed by atoms with E-state index < -0.39 is 5.97 Å². The topological polar surface area (TPSA) is 74.2 Å². The minimum Gasteiger partial charge on any atom is -0.478 e. The highest BCUT2D eigenvalue weighted by atomic mass is 16.7. The third-order valence-corrected chi connectivity index (χ3v) is 3.77. The predicted molar refractivity (Wildman–Crippen MR) is 101 cm³/mol. The highest BCUT2D eigenvalue weighted by Gasteiger charge is 2.11. The molecule has 0 spiro atoms. The summed E-state index contributed by atoms with van der Waals surface area (Å²) in [6, 6.07) is 15.0. The van der Waals surface area contributed by atoms with E-state index in [4.69, 9.17) is 18.9 Å². The Morgan fingerprint density at radius 3 is 1.70 bits per heavy atom. The maximum Gasteiger partial charge on any atom is 0.328 e. The third kappa shape index (κ3) is 6.77. The number of aliphatic carboxylic acids is 1. The summed E-state index contributed by atoms with van der Waals surface area (Å²) in [5.74, 6) is 0.342. The molecule has 0 heterocycles. The van der Waals surface area contributed by atoms with Crippen molar-refractivity contribution in [1.82, 2.24) is 0 Å². The normalized spacial score (nSPS) is 10.3. The van der Waals surface area contributed by atoms with Crippen LogP contribution in [0.15, 0.2) is 60.2 Å². The molecule has 0 bridgehead atoms. The van der Waals surface area contributed by atoms with Crippen molar-refractivity contribution in [3.05, 3.63) is 71.3 Å². The summed E-state index contributed by atoms with van der Waals surface area (Å²) in [5, 5.41) is 9.28. The van der Waals surface area contributed by atoms with Gasteiger partial charge in [0.05, 0.1) is 0 Å². The molecule has 0 saturated heterocycles. The van der Waals surface area contributed by atoms with Crippen LogP contribution >= 0.6 is 0 Å². The van der Waals surface area contributed by atoms with E-state index in [1.807, 2.05) is 48.5 Å². The largest absolute Gasteiger partial charge is 0.478 e. The Hall–Kier alpha value is -2.83. The van der Waals surface area contributed by atoms with Gasteiger partial charge in [0.25, 0.3) is 0 Å². The van der Waals surface area contributed by atoms with E-state index in [1.165, 1.54) is 6.08 Å². The number of rotatable bonds is 11. The molecular weight excluding hydrogens is 348 g/mol. The van der Waals surface area contributed by atoms with Crippen molar-refractivity contribution in [1.29, 1.82) is 0 Å². The van der Waals surface area contributed by atoms with E-state index in [2.05, 4.69) is 0 Å². The summed E-state index contributed by atoms with van der Waals surface area (Å²) < 4.78 is 21.1. The van der Waals surface area contributed by atoms with Gasteiger partial charge < -0.3 is 24.1 Å². The fraction of sp³-hybridized carbons (Fsp3) is 0.286. The molecule has 144 valence electrons. The van der Waals surface area contributed by atoms with Crippen LogP contribution in [0, 0.1) is 0 Å². The average molecular weight is 372 g/mol. The molecule has 0 aliphatic carbocycles. The fourth-order valence-electron chi connectivity index (χ4n) is 2.65. The van der Waals surface area contributed by atoms with Gasteiger partial charge in [-0.05, 0) is 36.1 Å². The number of hydrogen-bond donors (Lipinski definition) is 1. The number of carbonyl (C=O) groups is 1. The van der Waals surface area contributed by atoms with Gasteiger partial charge in [0, 0.05) is 20.3 Å². The molecule has 0 aliphatic rings. The van der Waals surface area contributed by atoms with Crippen molar-refractivity contribution in [2.45, 2.75) is 12.8 Å². The molecule has 6 nitrogen and oxygen atoms in total. The lowest BCUT2D eigenvalue weighted by Crippen LogP contribution is -2.06. The molecule has 27 heavy (non-hydrogen) atoms. The third-order valence-electron chi connectivity index (χ3n) is 3.77. The molecule has 2 aromatic rings. The van der Waals surface area contributed by atoms with Crippen molar-refractivity contribution in [2.75, 3.05) is 27.8 Å². The Labute approximate surface area is 158 Å². The first kappa shape index (κ1) is 20.5. The monoisotopic (exact) mass is 372 g/mol. The standard InChI is InChI=1S/C21H24O6/c1-24-14-26-19-9-5-3-7-17(19)11-16(13-21(22)23)12-18-8-4-6-10-20(18)27-15-25-2/h3-10,13H,11-12,14-15H2,1-2H3,(H,22,23). The Balaban J connectivity index is 2.24. The van der Waals surface area contributed by atoms with Crippen LogP contribution in [0.1, 0.15) is 11.1 Å². The Morgan fingerprint density at radius 2 is 1.30 bits per heavy atom. The zero-order valence-corrected chi connectivity index (χ0v) is 15.5. The molecule has 0 radical (unpaired) electrons. The van der Waals surface area contributed by atoms with Crippen LogP contribution in [-0.4, -0.2) is 38.9 Å². The number of carboxylic acid groups (broad SMARTS) is 1. The number of methoxy groups -OCH3 is 2. The molecule has 2 rings (SSSR count). The highest BCUT2D eigenvalue weighted by Crippen LogP contribution is 2.26. The molecule has 0 fully saturated rings. The lowest BCUT2D eigenvalue weighted by atomic mass is 9.97. The van der Waals surface area contributed by atoms with E-state index >= 15 is 0 Å². The van der Waals surface area contributed by atoms with Gasteiger partial charge in [-0.1, -0.05) is 42.0 Å². The average Bonchev–Trinajstić information content (AvgIpc) is 2.66. The van der Waals surface area contributed by atoms with Crippen LogP contribution in [0.2, 0.25) is 0 Å². The predicted octanol–water partition coefficient (Wildman–Crippen LogP) is 3.45. The lowest BCUT2D eigenvalue weighted by molar-refractivity contribution is -0.131. The summed E-state index contributed by atoms with van der Waals surface area (Å²) in [5.41, 5.74) is 2.50. The second-order valence-corrected chi connectivity index (χ2v) is 5.81. The molecule has 2 aromatic carbocycles. The summed E-state index contributed by atoms with van der Waals surface area (Å²) in [6.45, 7) is 0.255. The maximum absolute atomic E-state index is 11.3. The van der Waals surface area contributed by atoms with Gasteiger partial charge in [0.15, 0.2) is 13.6 Å². The molecule has 0 unspecified atom stereocenters. The summed E-state index contributed by atoms with van der Waals surface area (Å²) in [4.78, 5) is 11.3. The smallest absolute Gasteiger partial charge is 0.328 e. The van der Waals surface area contributed by atoms with Gasteiger partial charge >= 0.3 is 5.97 Å². The van der Waals surface area contributed by atoms with E-state index in [0.29, 0.717) is 24.3 Å². The van der Waals surface area contributed by atoms with Gasteiger partial charge in [-0.2, -0.15) is 0 Å². The van der Waals surface area contributed by atoms with E-state index in [9.17, 15) is 9.90 Å². The lowest BCUT2D eigenvalue weighted by Gasteiger charge is -2.15. The number of ether oxygens (including phenoxy) is 4. The minimum absolute atomic E-state index is 0.128. The minimum atomic E-state index is -0.990.